The number of hydrogen-bond acceptors (Lipinski definition) is 1. The van der Waals surface area contributed by atoms with Gasteiger partial charge in [-0.15, -0.1) is 0 Å². The van der Waals surface area contributed by atoms with E-state index in [2.05, 4.69) is 52.6 Å². The number of rotatable bonds is 5. The lowest BCUT2D eigenvalue weighted by atomic mass is 9.95. The summed E-state index contributed by atoms with van der Waals surface area (Å²) in [6.45, 7) is 12.3. The first kappa shape index (κ1) is 12.5. The topological polar surface area (TPSA) is 3.24 Å². The summed E-state index contributed by atoms with van der Waals surface area (Å²) in [6, 6.07) is 0. The van der Waals surface area contributed by atoms with Crippen molar-refractivity contribution < 1.29 is 0 Å². The number of allylic oxidation sites excluding steroid dienone is 2. The van der Waals surface area contributed by atoms with Crippen LogP contribution < -0.4 is 0 Å². The highest BCUT2D eigenvalue weighted by Gasteiger charge is 2.12. The van der Waals surface area contributed by atoms with Gasteiger partial charge in [0, 0.05) is 19.3 Å². The zero-order chi connectivity index (χ0) is 10.4. The molecule has 0 rings (SSSR count). The zero-order valence-electron chi connectivity index (χ0n) is 10.1. The van der Waals surface area contributed by atoms with Crippen molar-refractivity contribution in [3.05, 3.63) is 11.8 Å². The molecular weight excluding hydrogens is 158 g/mol. The first-order valence-electron chi connectivity index (χ1n) is 5.40. The summed E-state index contributed by atoms with van der Waals surface area (Å²) in [5.41, 5.74) is 1.48. The van der Waals surface area contributed by atoms with Crippen molar-refractivity contribution in [1.82, 2.24) is 4.90 Å². The highest BCUT2D eigenvalue weighted by atomic mass is 15.1. The fourth-order valence-corrected chi connectivity index (χ4v) is 1.89. The van der Waals surface area contributed by atoms with E-state index in [1.807, 2.05) is 0 Å². The summed E-state index contributed by atoms with van der Waals surface area (Å²) in [5.74, 6) is 1.48. The molecule has 0 saturated carbocycles. The van der Waals surface area contributed by atoms with E-state index in [0.717, 1.165) is 12.5 Å². The molecule has 0 amide bonds. The highest BCUT2D eigenvalue weighted by Crippen LogP contribution is 2.21. The standard InChI is InChI=1S/C12H25N/c1-7-12(13(6)8-2)11(5)9-10(3)4/h7,10-11H,8-9H2,1-6H3/b12-7-. The average Bonchev–Trinajstić information content (AvgIpc) is 2.03. The second-order valence-corrected chi connectivity index (χ2v) is 4.26. The Balaban J connectivity index is 4.24. The number of nitrogens with zero attached hydrogens (tertiary/aromatic N) is 1. The van der Waals surface area contributed by atoms with Gasteiger partial charge in [0.2, 0.25) is 0 Å². The Kier molecular flexibility index (Phi) is 5.85. The molecule has 0 aliphatic carbocycles. The van der Waals surface area contributed by atoms with Gasteiger partial charge in [0.25, 0.3) is 0 Å². The van der Waals surface area contributed by atoms with E-state index in [9.17, 15) is 0 Å². The summed E-state index contributed by atoms with van der Waals surface area (Å²) >= 11 is 0. The summed E-state index contributed by atoms with van der Waals surface area (Å²) in [6.07, 6.45) is 3.53. The third kappa shape index (κ3) is 4.35. The molecule has 0 bridgehead atoms. The molecule has 0 aliphatic rings. The first-order valence-corrected chi connectivity index (χ1v) is 5.40. The maximum absolute atomic E-state index is 2.34. The molecule has 13 heavy (non-hydrogen) atoms. The second kappa shape index (κ2) is 6.06. The van der Waals surface area contributed by atoms with Crippen LogP contribution in [0.4, 0.5) is 0 Å². The molecule has 0 aromatic heterocycles. The molecular formula is C12H25N. The predicted octanol–water partition coefficient (Wildman–Crippen LogP) is 3.52. The molecule has 1 unspecified atom stereocenters. The third-order valence-electron chi connectivity index (χ3n) is 2.54. The predicted molar refractivity (Wildman–Crippen MR) is 60.7 cm³/mol. The maximum Gasteiger partial charge on any atom is 0.0143 e. The molecule has 0 radical (unpaired) electrons. The summed E-state index contributed by atoms with van der Waals surface area (Å²) in [5, 5.41) is 0. The maximum atomic E-state index is 2.34. The van der Waals surface area contributed by atoms with Gasteiger partial charge >= 0.3 is 0 Å². The van der Waals surface area contributed by atoms with Gasteiger partial charge in [-0.3, -0.25) is 0 Å². The first-order chi connectivity index (χ1) is 6.02. The van der Waals surface area contributed by atoms with Gasteiger partial charge in [-0.1, -0.05) is 26.8 Å². The Morgan fingerprint density at radius 1 is 1.31 bits per heavy atom. The van der Waals surface area contributed by atoms with Gasteiger partial charge in [-0.2, -0.15) is 0 Å². The minimum Gasteiger partial charge on any atom is -0.378 e. The van der Waals surface area contributed by atoms with Crippen LogP contribution in [0.25, 0.3) is 0 Å². The highest BCUT2D eigenvalue weighted by molar-refractivity contribution is 5.02. The minimum absolute atomic E-state index is 0.690. The van der Waals surface area contributed by atoms with Crippen LogP contribution in [0, 0.1) is 11.8 Å². The van der Waals surface area contributed by atoms with Crippen molar-refractivity contribution in [3.63, 3.8) is 0 Å². The Bertz CT molecular complexity index is 159. The average molecular weight is 183 g/mol. The van der Waals surface area contributed by atoms with Crippen LogP contribution in [0.5, 0.6) is 0 Å². The fourth-order valence-electron chi connectivity index (χ4n) is 1.89. The van der Waals surface area contributed by atoms with Crippen LogP contribution in [0.1, 0.15) is 41.0 Å². The van der Waals surface area contributed by atoms with Crippen LogP contribution in [0.2, 0.25) is 0 Å². The van der Waals surface area contributed by atoms with Gasteiger partial charge in [-0.05, 0) is 32.1 Å². The molecule has 0 fully saturated rings. The lowest BCUT2D eigenvalue weighted by Crippen LogP contribution is -2.22. The van der Waals surface area contributed by atoms with Gasteiger partial charge < -0.3 is 4.90 Å². The molecule has 0 spiro atoms. The van der Waals surface area contributed by atoms with Gasteiger partial charge in [-0.25, -0.2) is 0 Å². The minimum atomic E-state index is 0.690. The summed E-state index contributed by atoms with van der Waals surface area (Å²) in [7, 11) is 2.17. The SMILES string of the molecule is C/C=C(/C(C)CC(C)C)N(C)CC. The molecule has 1 nitrogen and oxygen atoms in total. The Morgan fingerprint density at radius 3 is 2.15 bits per heavy atom. The van der Waals surface area contributed by atoms with E-state index >= 15 is 0 Å². The molecule has 0 aromatic rings. The normalized spacial score (nSPS) is 14.8. The molecule has 1 atom stereocenters. The van der Waals surface area contributed by atoms with E-state index in [1.54, 1.807) is 0 Å². The molecule has 0 N–H and O–H groups in total. The molecule has 0 saturated heterocycles. The van der Waals surface area contributed by atoms with E-state index in [1.165, 1.54) is 12.1 Å². The van der Waals surface area contributed by atoms with E-state index in [4.69, 9.17) is 0 Å². The molecule has 0 aliphatic heterocycles. The van der Waals surface area contributed by atoms with Crippen LogP contribution in [0.15, 0.2) is 11.8 Å². The largest absolute Gasteiger partial charge is 0.378 e. The molecule has 78 valence electrons. The van der Waals surface area contributed by atoms with Crippen LogP contribution in [-0.4, -0.2) is 18.5 Å². The smallest absolute Gasteiger partial charge is 0.0143 e. The Hall–Kier alpha value is -0.460. The van der Waals surface area contributed by atoms with Crippen LogP contribution in [0.3, 0.4) is 0 Å². The Morgan fingerprint density at radius 2 is 1.85 bits per heavy atom. The van der Waals surface area contributed by atoms with Crippen LogP contribution in [-0.2, 0) is 0 Å². The van der Waals surface area contributed by atoms with E-state index < -0.39 is 0 Å². The van der Waals surface area contributed by atoms with Crippen LogP contribution >= 0.6 is 0 Å². The van der Waals surface area contributed by atoms with Crippen molar-refractivity contribution in [1.29, 1.82) is 0 Å². The van der Waals surface area contributed by atoms with Gasteiger partial charge in [0.15, 0.2) is 0 Å². The third-order valence-corrected chi connectivity index (χ3v) is 2.54. The Labute approximate surface area is 83.8 Å². The van der Waals surface area contributed by atoms with Gasteiger partial charge in [0.1, 0.15) is 0 Å². The molecule has 1 heteroatoms. The number of hydrogen-bond donors (Lipinski definition) is 0. The van der Waals surface area contributed by atoms with Gasteiger partial charge in [0.05, 0.1) is 0 Å². The summed E-state index contributed by atoms with van der Waals surface area (Å²) in [4.78, 5) is 2.34. The zero-order valence-corrected chi connectivity index (χ0v) is 10.1. The molecule has 0 heterocycles. The van der Waals surface area contributed by atoms with Crippen molar-refractivity contribution >= 4 is 0 Å². The lowest BCUT2D eigenvalue weighted by Gasteiger charge is -2.27. The lowest BCUT2D eigenvalue weighted by molar-refractivity contribution is 0.350. The quantitative estimate of drug-likeness (QED) is 0.630. The second-order valence-electron chi connectivity index (χ2n) is 4.26. The van der Waals surface area contributed by atoms with Crippen molar-refractivity contribution in [3.8, 4) is 0 Å². The van der Waals surface area contributed by atoms with Crippen molar-refractivity contribution in [2.24, 2.45) is 11.8 Å². The van der Waals surface area contributed by atoms with Crippen molar-refractivity contribution in [2.75, 3.05) is 13.6 Å². The van der Waals surface area contributed by atoms with Crippen molar-refractivity contribution in [2.45, 2.75) is 41.0 Å². The summed E-state index contributed by atoms with van der Waals surface area (Å²) < 4.78 is 0. The monoisotopic (exact) mass is 183 g/mol. The van der Waals surface area contributed by atoms with E-state index in [-0.39, 0.29) is 0 Å². The molecule has 0 aromatic carbocycles. The fraction of sp³-hybridized carbons (Fsp3) is 0.833. The van der Waals surface area contributed by atoms with E-state index in [0.29, 0.717) is 5.92 Å².